The largest absolute Gasteiger partial charge is 0.491 e. The summed E-state index contributed by atoms with van der Waals surface area (Å²) >= 11 is 0. The Morgan fingerprint density at radius 2 is 1.87 bits per heavy atom. The highest BCUT2D eigenvalue weighted by Crippen LogP contribution is 2.38. The van der Waals surface area contributed by atoms with Gasteiger partial charge in [-0.2, -0.15) is 4.31 Å². The molecule has 3 N–H and O–H groups in total. The van der Waals surface area contributed by atoms with E-state index in [1.54, 1.807) is 30.3 Å². The van der Waals surface area contributed by atoms with Crippen molar-refractivity contribution in [1.82, 2.24) is 14.3 Å². The Morgan fingerprint density at radius 3 is 2.62 bits per heavy atom. The summed E-state index contributed by atoms with van der Waals surface area (Å²) in [5.74, 6) is 0.345. The van der Waals surface area contributed by atoms with Crippen LogP contribution in [0.1, 0.15) is 19.3 Å². The number of hydrogen-bond acceptors (Lipinski definition) is 9. The highest BCUT2D eigenvalue weighted by molar-refractivity contribution is 7.89. The molecule has 3 heterocycles. The molecule has 1 spiro atoms. The van der Waals surface area contributed by atoms with E-state index in [4.69, 9.17) is 13.9 Å². The highest BCUT2D eigenvalue weighted by Gasteiger charge is 2.45. The lowest BCUT2D eigenvalue weighted by molar-refractivity contribution is -0.0313. The van der Waals surface area contributed by atoms with Crippen LogP contribution < -0.4 is 14.8 Å². The van der Waals surface area contributed by atoms with E-state index in [-0.39, 0.29) is 29.2 Å². The molecule has 1 unspecified atom stereocenters. The summed E-state index contributed by atoms with van der Waals surface area (Å²) in [5.41, 5.74) is 0.138. The standard InChI is InChI=1S/C26H33N3O8S2/c1-27-38(31,32)23-7-4-6-22(14-23)35-18-21(30)16-28-20-15-26(36-17-20)9-11-29(12-10-26)39(33,34)25-13-19-5-2-3-8-24(19)37-25/h2-8,13-14,20-21,27-28,30H,9-12,15-18H2,1H3/t20?,21-/m0/s1. The fraction of sp³-hybridized carbons (Fsp3) is 0.462. The van der Waals surface area contributed by atoms with Gasteiger partial charge in [0.1, 0.15) is 24.0 Å². The molecule has 2 fully saturated rings. The second kappa shape index (κ2) is 11.2. The Balaban J connectivity index is 1.08. The number of sulfonamides is 2. The number of piperidine rings is 1. The first-order valence-electron chi connectivity index (χ1n) is 12.8. The monoisotopic (exact) mass is 579 g/mol. The average Bonchev–Trinajstić information content (AvgIpc) is 3.56. The van der Waals surface area contributed by atoms with Gasteiger partial charge < -0.3 is 24.3 Å². The Bertz CT molecular complexity index is 1480. The van der Waals surface area contributed by atoms with Crippen LogP contribution in [0.3, 0.4) is 0 Å². The van der Waals surface area contributed by atoms with Crippen molar-refractivity contribution in [3.05, 3.63) is 54.6 Å². The third-order valence-electron chi connectivity index (χ3n) is 7.31. The minimum atomic E-state index is -3.74. The highest BCUT2D eigenvalue weighted by atomic mass is 32.2. The predicted octanol–water partition coefficient (Wildman–Crippen LogP) is 1.68. The number of ether oxygens (including phenoxy) is 2. The molecule has 2 aromatic carbocycles. The van der Waals surface area contributed by atoms with Crippen LogP contribution in [0.5, 0.6) is 5.75 Å². The van der Waals surface area contributed by atoms with Gasteiger partial charge in [-0.15, -0.1) is 0 Å². The van der Waals surface area contributed by atoms with Gasteiger partial charge in [0.25, 0.3) is 10.0 Å². The van der Waals surface area contributed by atoms with Crippen LogP contribution in [0.2, 0.25) is 0 Å². The summed E-state index contributed by atoms with van der Waals surface area (Å²) in [5, 5.41) is 14.4. The average molecular weight is 580 g/mol. The third kappa shape index (κ3) is 6.14. The van der Waals surface area contributed by atoms with Crippen molar-refractivity contribution in [2.24, 2.45) is 0 Å². The first kappa shape index (κ1) is 28.0. The van der Waals surface area contributed by atoms with Gasteiger partial charge in [-0.3, -0.25) is 0 Å². The third-order valence-corrected chi connectivity index (χ3v) is 10.5. The van der Waals surface area contributed by atoms with Gasteiger partial charge in [0.2, 0.25) is 15.1 Å². The Hall–Kier alpha value is -2.52. The number of aliphatic hydroxyl groups excluding tert-OH is 1. The predicted molar refractivity (Wildman–Crippen MR) is 143 cm³/mol. The molecule has 212 valence electrons. The van der Waals surface area contributed by atoms with Gasteiger partial charge in [-0.25, -0.2) is 21.6 Å². The van der Waals surface area contributed by atoms with Gasteiger partial charge in [-0.1, -0.05) is 24.3 Å². The first-order chi connectivity index (χ1) is 18.6. The Labute approximate surface area is 228 Å². The summed E-state index contributed by atoms with van der Waals surface area (Å²) in [7, 11) is -5.98. The number of nitrogens with one attached hydrogen (secondary N) is 2. The number of para-hydroxylation sites is 1. The Morgan fingerprint density at radius 1 is 1.10 bits per heavy atom. The molecule has 2 aliphatic heterocycles. The van der Waals surface area contributed by atoms with E-state index < -0.39 is 31.8 Å². The van der Waals surface area contributed by atoms with Crippen LogP contribution in [-0.2, 0) is 24.8 Å². The molecule has 5 rings (SSSR count). The number of furan rings is 1. The fourth-order valence-corrected chi connectivity index (χ4v) is 7.23. The second-order valence-electron chi connectivity index (χ2n) is 9.96. The molecule has 2 atom stereocenters. The quantitative estimate of drug-likeness (QED) is 0.326. The maximum absolute atomic E-state index is 13.2. The molecule has 0 aliphatic carbocycles. The van der Waals surface area contributed by atoms with Crippen molar-refractivity contribution in [2.75, 3.05) is 39.9 Å². The summed E-state index contributed by atoms with van der Waals surface area (Å²) in [6.07, 6.45) is 1.04. The zero-order valence-corrected chi connectivity index (χ0v) is 23.2. The summed E-state index contributed by atoms with van der Waals surface area (Å²) in [6, 6.07) is 14.9. The molecule has 39 heavy (non-hydrogen) atoms. The fourth-order valence-electron chi connectivity index (χ4n) is 5.07. The first-order valence-corrected chi connectivity index (χ1v) is 15.7. The maximum atomic E-state index is 13.2. The number of rotatable bonds is 10. The summed E-state index contributed by atoms with van der Waals surface area (Å²) in [6.45, 7) is 1.40. The van der Waals surface area contributed by atoms with Crippen molar-refractivity contribution in [3.63, 3.8) is 0 Å². The van der Waals surface area contributed by atoms with E-state index in [0.717, 1.165) is 5.39 Å². The zero-order chi connectivity index (χ0) is 27.7. The Kier molecular flexibility index (Phi) is 8.02. The van der Waals surface area contributed by atoms with E-state index in [2.05, 4.69) is 10.0 Å². The van der Waals surface area contributed by atoms with Crippen molar-refractivity contribution < 1.29 is 35.8 Å². The van der Waals surface area contributed by atoms with Gasteiger partial charge in [0.05, 0.1) is 17.1 Å². The minimum absolute atomic E-state index is 0.0105. The van der Waals surface area contributed by atoms with Gasteiger partial charge >= 0.3 is 0 Å². The number of nitrogens with zero attached hydrogens (tertiary/aromatic N) is 1. The van der Waals surface area contributed by atoms with Crippen molar-refractivity contribution in [2.45, 2.75) is 47.0 Å². The van der Waals surface area contributed by atoms with E-state index in [1.165, 1.54) is 23.5 Å². The topological polar surface area (TPSA) is 147 Å². The molecule has 2 aliphatic rings. The molecule has 11 nitrogen and oxygen atoms in total. The molecule has 13 heteroatoms. The van der Waals surface area contributed by atoms with Crippen LogP contribution in [0.15, 0.2) is 69.0 Å². The molecule has 3 aromatic rings. The minimum Gasteiger partial charge on any atom is -0.491 e. The van der Waals surface area contributed by atoms with Crippen LogP contribution in [-0.4, -0.2) is 83.9 Å². The van der Waals surface area contributed by atoms with Gasteiger partial charge in [0.15, 0.2) is 0 Å². The lowest BCUT2D eigenvalue weighted by atomic mass is 9.88. The van der Waals surface area contributed by atoms with Crippen molar-refractivity contribution in [1.29, 1.82) is 0 Å². The molecule has 0 amide bonds. The van der Waals surface area contributed by atoms with E-state index >= 15 is 0 Å². The maximum Gasteiger partial charge on any atom is 0.276 e. The SMILES string of the molecule is CNS(=O)(=O)c1cccc(OC[C@@H](O)CNC2COC3(CCN(S(=O)(=O)c4cc5ccccc5o4)CC3)C2)c1. The zero-order valence-electron chi connectivity index (χ0n) is 21.6. The van der Waals surface area contributed by atoms with Crippen molar-refractivity contribution >= 4 is 31.0 Å². The normalized spacial score (nSPS) is 20.9. The van der Waals surface area contributed by atoms with E-state index in [1.807, 2.05) is 12.1 Å². The number of aliphatic hydroxyl groups is 1. The molecule has 0 bridgehead atoms. The molecule has 0 saturated carbocycles. The molecular formula is C26H33N3O8S2. The number of hydrogen-bond donors (Lipinski definition) is 3. The number of fused-ring (bicyclic) bond motifs is 1. The van der Waals surface area contributed by atoms with Gasteiger partial charge in [0, 0.05) is 43.2 Å². The van der Waals surface area contributed by atoms with E-state index in [0.29, 0.717) is 50.3 Å². The van der Waals surface area contributed by atoms with Crippen LogP contribution in [0, 0.1) is 0 Å². The number of benzene rings is 2. The summed E-state index contributed by atoms with van der Waals surface area (Å²) in [4.78, 5) is 0.0833. The molecule has 2 saturated heterocycles. The smallest absolute Gasteiger partial charge is 0.276 e. The van der Waals surface area contributed by atoms with Crippen molar-refractivity contribution in [3.8, 4) is 5.75 Å². The molecule has 1 aromatic heterocycles. The lowest BCUT2D eigenvalue weighted by Gasteiger charge is -2.37. The molecule has 0 radical (unpaired) electrons. The van der Waals surface area contributed by atoms with Crippen LogP contribution in [0.25, 0.3) is 11.0 Å². The summed E-state index contributed by atoms with van der Waals surface area (Å²) < 4.78 is 71.3. The van der Waals surface area contributed by atoms with Crippen LogP contribution >= 0.6 is 0 Å². The van der Waals surface area contributed by atoms with E-state index in [9.17, 15) is 21.9 Å². The van der Waals surface area contributed by atoms with Crippen LogP contribution in [0.4, 0.5) is 0 Å². The van der Waals surface area contributed by atoms with Gasteiger partial charge in [-0.05, 0) is 44.5 Å². The molecular weight excluding hydrogens is 546 g/mol. The second-order valence-corrected chi connectivity index (χ2v) is 13.7. The lowest BCUT2D eigenvalue weighted by Crippen LogP contribution is -2.47.